The van der Waals surface area contributed by atoms with Crippen LogP contribution in [-0.2, 0) is 11.3 Å². The number of imide groups is 1. The second-order valence-corrected chi connectivity index (χ2v) is 7.71. The third kappa shape index (κ3) is 2.98. The number of urea groups is 1. The molecular formula is C19H20ClN3O3. The van der Waals surface area contributed by atoms with Crippen LogP contribution in [0.4, 0.5) is 4.79 Å². The Labute approximate surface area is 156 Å². The molecule has 6 nitrogen and oxygen atoms in total. The molecule has 1 saturated carbocycles. The summed E-state index contributed by atoms with van der Waals surface area (Å²) in [6, 6.07) is 8.63. The van der Waals surface area contributed by atoms with Crippen LogP contribution in [0.3, 0.4) is 0 Å². The summed E-state index contributed by atoms with van der Waals surface area (Å²) >= 11 is 5.90. The largest absolute Gasteiger partial charge is 0.359 e. The first-order chi connectivity index (χ1) is 12.5. The number of carbonyl (C=O) groups excluding carboxylic acids is 2. The summed E-state index contributed by atoms with van der Waals surface area (Å²) in [5.41, 5.74) is 0.770. The van der Waals surface area contributed by atoms with Gasteiger partial charge in [0.15, 0.2) is 5.76 Å². The Kier molecular flexibility index (Phi) is 4.23. The topological polar surface area (TPSA) is 75.4 Å². The molecule has 3 amide bonds. The van der Waals surface area contributed by atoms with E-state index in [0.717, 1.165) is 18.4 Å². The highest BCUT2D eigenvalue weighted by atomic mass is 35.5. The zero-order valence-electron chi connectivity index (χ0n) is 14.5. The quantitative estimate of drug-likeness (QED) is 0.825. The number of rotatable bonds is 3. The van der Waals surface area contributed by atoms with Crippen LogP contribution in [0.5, 0.6) is 0 Å². The summed E-state index contributed by atoms with van der Waals surface area (Å²) in [5.74, 6) is 0.911. The first-order valence-corrected chi connectivity index (χ1v) is 9.20. The second-order valence-electron chi connectivity index (χ2n) is 7.27. The monoisotopic (exact) mass is 373 g/mol. The summed E-state index contributed by atoms with van der Waals surface area (Å²) < 4.78 is 5.34. The third-order valence-electron chi connectivity index (χ3n) is 5.39. The van der Waals surface area contributed by atoms with Crippen molar-refractivity contribution < 1.29 is 14.1 Å². The van der Waals surface area contributed by atoms with Gasteiger partial charge < -0.3 is 9.84 Å². The number of hydrogen-bond acceptors (Lipinski definition) is 4. The summed E-state index contributed by atoms with van der Waals surface area (Å²) in [6.07, 6.45) is 3.29. The van der Waals surface area contributed by atoms with E-state index in [1.807, 2.05) is 12.1 Å². The molecular weight excluding hydrogens is 354 g/mol. The lowest BCUT2D eigenvalue weighted by Crippen LogP contribution is -2.49. The van der Waals surface area contributed by atoms with Crippen LogP contribution in [0.1, 0.15) is 38.4 Å². The molecule has 1 aliphatic heterocycles. The van der Waals surface area contributed by atoms with Gasteiger partial charge in [-0.1, -0.05) is 35.8 Å². The standard InChI is InChI=1S/C19H20ClN3O3/c1-12-6-8-19(9-7-12)17(24)23(18(25)21-19)11-15-10-16(22-26-15)13-2-4-14(20)5-3-13/h2-5,10,12H,6-9,11H2,1H3,(H,21,25). The first kappa shape index (κ1) is 17.1. The number of hydrogen-bond donors (Lipinski definition) is 1. The highest BCUT2D eigenvalue weighted by Crippen LogP contribution is 2.36. The minimum atomic E-state index is -0.734. The smallest absolute Gasteiger partial charge is 0.325 e. The predicted molar refractivity (Wildman–Crippen MR) is 96.4 cm³/mol. The van der Waals surface area contributed by atoms with Gasteiger partial charge in [0.25, 0.3) is 5.91 Å². The molecule has 2 heterocycles. The minimum absolute atomic E-state index is 0.0859. The van der Waals surface area contributed by atoms with Gasteiger partial charge in [-0.05, 0) is 43.7 Å². The van der Waals surface area contributed by atoms with Gasteiger partial charge in [-0.15, -0.1) is 0 Å². The highest BCUT2D eigenvalue weighted by molar-refractivity contribution is 6.30. The summed E-state index contributed by atoms with van der Waals surface area (Å²) in [5, 5.41) is 7.59. The molecule has 1 aliphatic carbocycles. The van der Waals surface area contributed by atoms with E-state index in [1.54, 1.807) is 18.2 Å². The predicted octanol–water partition coefficient (Wildman–Crippen LogP) is 4.00. The maximum atomic E-state index is 12.9. The van der Waals surface area contributed by atoms with Crippen molar-refractivity contribution in [2.45, 2.75) is 44.7 Å². The van der Waals surface area contributed by atoms with Gasteiger partial charge in [-0.3, -0.25) is 9.69 Å². The molecule has 7 heteroatoms. The van der Waals surface area contributed by atoms with Crippen LogP contribution >= 0.6 is 11.6 Å². The van der Waals surface area contributed by atoms with E-state index in [1.165, 1.54) is 4.90 Å². The zero-order valence-corrected chi connectivity index (χ0v) is 15.3. The Morgan fingerprint density at radius 1 is 1.27 bits per heavy atom. The van der Waals surface area contributed by atoms with Crippen molar-refractivity contribution >= 4 is 23.5 Å². The van der Waals surface area contributed by atoms with Gasteiger partial charge in [-0.2, -0.15) is 0 Å². The molecule has 1 N–H and O–H groups in total. The van der Waals surface area contributed by atoms with Gasteiger partial charge in [0.2, 0.25) is 0 Å². The van der Waals surface area contributed by atoms with E-state index in [-0.39, 0.29) is 18.5 Å². The first-order valence-electron chi connectivity index (χ1n) is 8.82. The Bertz CT molecular complexity index is 838. The van der Waals surface area contributed by atoms with Crippen LogP contribution in [-0.4, -0.2) is 27.5 Å². The molecule has 0 bridgehead atoms. The maximum Gasteiger partial charge on any atom is 0.325 e. The molecule has 1 aromatic heterocycles. The van der Waals surface area contributed by atoms with Gasteiger partial charge in [0.1, 0.15) is 11.2 Å². The van der Waals surface area contributed by atoms with Crippen molar-refractivity contribution in [2.24, 2.45) is 5.92 Å². The van der Waals surface area contributed by atoms with Crippen LogP contribution in [0.15, 0.2) is 34.9 Å². The number of nitrogens with zero attached hydrogens (tertiary/aromatic N) is 2. The number of aromatic nitrogens is 1. The Hall–Kier alpha value is -2.34. The molecule has 26 heavy (non-hydrogen) atoms. The molecule has 0 radical (unpaired) electrons. The minimum Gasteiger partial charge on any atom is -0.359 e. The van der Waals surface area contributed by atoms with E-state index in [2.05, 4.69) is 17.4 Å². The van der Waals surface area contributed by atoms with Crippen LogP contribution < -0.4 is 5.32 Å². The number of amides is 3. The molecule has 0 unspecified atom stereocenters. The van der Waals surface area contributed by atoms with Crippen molar-refractivity contribution in [3.05, 3.63) is 41.1 Å². The SMILES string of the molecule is CC1CCC2(CC1)NC(=O)N(Cc1cc(-c3ccc(Cl)cc3)no1)C2=O. The third-order valence-corrected chi connectivity index (χ3v) is 5.64. The van der Waals surface area contributed by atoms with Crippen molar-refractivity contribution in [1.29, 1.82) is 0 Å². The molecule has 2 aromatic rings. The van der Waals surface area contributed by atoms with Crippen molar-refractivity contribution in [2.75, 3.05) is 0 Å². The summed E-state index contributed by atoms with van der Waals surface area (Å²) in [7, 11) is 0. The second kappa shape index (κ2) is 6.43. The fourth-order valence-corrected chi connectivity index (χ4v) is 3.84. The molecule has 2 aliphatic rings. The van der Waals surface area contributed by atoms with Crippen LogP contribution in [0, 0.1) is 5.92 Å². The van der Waals surface area contributed by atoms with E-state index < -0.39 is 5.54 Å². The highest BCUT2D eigenvalue weighted by Gasteiger charge is 2.52. The lowest BCUT2D eigenvalue weighted by atomic mass is 9.77. The van der Waals surface area contributed by atoms with Gasteiger partial charge in [0.05, 0.1) is 6.54 Å². The lowest BCUT2D eigenvalue weighted by Gasteiger charge is -2.33. The fourth-order valence-electron chi connectivity index (χ4n) is 3.71. The number of halogens is 1. The van der Waals surface area contributed by atoms with E-state index in [0.29, 0.717) is 35.2 Å². The summed E-state index contributed by atoms with van der Waals surface area (Å²) in [4.78, 5) is 26.5. The molecule has 0 atom stereocenters. The van der Waals surface area contributed by atoms with E-state index in [4.69, 9.17) is 16.1 Å². The normalized spacial score (nSPS) is 25.8. The van der Waals surface area contributed by atoms with Crippen LogP contribution in [0.2, 0.25) is 5.02 Å². The molecule has 2 fully saturated rings. The Balaban J connectivity index is 1.50. The molecule has 1 saturated heterocycles. The zero-order chi connectivity index (χ0) is 18.3. The van der Waals surface area contributed by atoms with Crippen LogP contribution in [0.25, 0.3) is 11.3 Å². The van der Waals surface area contributed by atoms with Gasteiger partial charge in [0, 0.05) is 16.7 Å². The van der Waals surface area contributed by atoms with Gasteiger partial charge in [-0.25, -0.2) is 4.79 Å². The summed E-state index contributed by atoms with van der Waals surface area (Å²) in [6.45, 7) is 2.27. The molecule has 1 aromatic carbocycles. The Morgan fingerprint density at radius 3 is 2.65 bits per heavy atom. The van der Waals surface area contributed by atoms with E-state index >= 15 is 0 Å². The molecule has 136 valence electrons. The fraction of sp³-hybridized carbons (Fsp3) is 0.421. The average molecular weight is 374 g/mol. The number of nitrogens with one attached hydrogen (secondary N) is 1. The Morgan fingerprint density at radius 2 is 1.96 bits per heavy atom. The number of benzene rings is 1. The van der Waals surface area contributed by atoms with E-state index in [9.17, 15) is 9.59 Å². The lowest BCUT2D eigenvalue weighted by molar-refractivity contribution is -0.133. The molecule has 1 spiro atoms. The van der Waals surface area contributed by atoms with Crippen molar-refractivity contribution in [3.63, 3.8) is 0 Å². The van der Waals surface area contributed by atoms with Gasteiger partial charge >= 0.3 is 6.03 Å². The number of carbonyl (C=O) groups is 2. The van der Waals surface area contributed by atoms with Crippen molar-refractivity contribution in [3.8, 4) is 11.3 Å². The average Bonchev–Trinajstić information content (AvgIpc) is 3.18. The van der Waals surface area contributed by atoms with Crippen molar-refractivity contribution in [1.82, 2.24) is 15.4 Å². The molecule has 4 rings (SSSR count). The maximum absolute atomic E-state index is 12.9.